The van der Waals surface area contributed by atoms with Crippen molar-refractivity contribution >= 4 is 0 Å². The smallest absolute Gasteiger partial charge is 0.0830 e. The van der Waals surface area contributed by atoms with Gasteiger partial charge in [0.15, 0.2) is 0 Å². The Kier molecular flexibility index (Phi) is 3.39. The zero-order chi connectivity index (χ0) is 13.2. The van der Waals surface area contributed by atoms with Gasteiger partial charge in [0.05, 0.1) is 6.10 Å². The molecule has 1 nitrogen and oxygen atoms in total. The number of aliphatic hydroxyl groups excluding tert-OH is 1. The van der Waals surface area contributed by atoms with Crippen molar-refractivity contribution in [3.05, 3.63) is 70.3 Å². The molecule has 0 saturated carbocycles. The number of aryl methyl sites for hydroxylation is 3. The van der Waals surface area contributed by atoms with Crippen LogP contribution in [0.15, 0.2) is 42.5 Å². The first-order valence-corrected chi connectivity index (χ1v) is 7.08. The van der Waals surface area contributed by atoms with Crippen LogP contribution in [0.25, 0.3) is 0 Å². The number of rotatable bonds is 3. The second-order valence-electron chi connectivity index (χ2n) is 5.59. The van der Waals surface area contributed by atoms with Crippen LogP contribution in [0, 0.1) is 6.92 Å². The molecule has 1 aliphatic carbocycles. The fourth-order valence-corrected chi connectivity index (χ4v) is 2.97. The highest BCUT2D eigenvalue weighted by molar-refractivity contribution is 5.36. The molecule has 1 N–H and O–H groups in total. The summed E-state index contributed by atoms with van der Waals surface area (Å²) in [4.78, 5) is 0. The predicted molar refractivity (Wildman–Crippen MR) is 78.3 cm³/mol. The van der Waals surface area contributed by atoms with E-state index in [1.54, 1.807) is 0 Å². The van der Waals surface area contributed by atoms with Gasteiger partial charge in [0.2, 0.25) is 0 Å². The van der Waals surface area contributed by atoms with E-state index in [4.69, 9.17) is 0 Å². The molecular weight excluding hydrogens is 232 g/mol. The quantitative estimate of drug-likeness (QED) is 0.882. The Morgan fingerprint density at radius 3 is 2.74 bits per heavy atom. The number of aliphatic hydroxyl groups is 1. The topological polar surface area (TPSA) is 20.2 Å². The second-order valence-corrected chi connectivity index (χ2v) is 5.59. The van der Waals surface area contributed by atoms with Crippen molar-refractivity contribution < 1.29 is 5.11 Å². The molecule has 2 aromatic rings. The first-order chi connectivity index (χ1) is 9.22. The van der Waals surface area contributed by atoms with Gasteiger partial charge in [-0.1, -0.05) is 48.0 Å². The normalized spacial score (nSPS) is 15.3. The fourth-order valence-electron chi connectivity index (χ4n) is 2.97. The molecular formula is C18H20O. The van der Waals surface area contributed by atoms with Gasteiger partial charge in [-0.25, -0.2) is 0 Å². The summed E-state index contributed by atoms with van der Waals surface area (Å²) in [6.07, 6.45) is 4.00. The third kappa shape index (κ3) is 2.71. The largest absolute Gasteiger partial charge is 0.388 e. The van der Waals surface area contributed by atoms with Gasteiger partial charge in [-0.05, 0) is 48.4 Å². The lowest BCUT2D eigenvalue weighted by Gasteiger charge is -2.13. The lowest BCUT2D eigenvalue weighted by Crippen LogP contribution is -2.02. The standard InChI is InChI=1S/C18H20O/c1-13-4-2-7-17(10-13)18(19)12-14-8-9-15-5-3-6-16(15)11-14/h2,4,7-11,18-19H,3,5-6,12H2,1H3. The molecule has 0 amide bonds. The van der Waals surface area contributed by atoms with Gasteiger partial charge in [0, 0.05) is 6.42 Å². The minimum absolute atomic E-state index is 0.403. The fraction of sp³-hybridized carbons (Fsp3) is 0.333. The van der Waals surface area contributed by atoms with Gasteiger partial charge < -0.3 is 5.11 Å². The van der Waals surface area contributed by atoms with Crippen LogP contribution in [0.5, 0.6) is 0 Å². The minimum Gasteiger partial charge on any atom is -0.388 e. The van der Waals surface area contributed by atoms with Crippen LogP contribution >= 0.6 is 0 Å². The van der Waals surface area contributed by atoms with Crippen LogP contribution in [0.1, 0.15) is 40.3 Å². The molecule has 0 aromatic heterocycles. The number of hydrogen-bond donors (Lipinski definition) is 1. The van der Waals surface area contributed by atoms with Gasteiger partial charge in [-0.15, -0.1) is 0 Å². The highest BCUT2D eigenvalue weighted by Gasteiger charge is 2.13. The summed E-state index contributed by atoms with van der Waals surface area (Å²) in [5.74, 6) is 0. The van der Waals surface area contributed by atoms with Crippen molar-refractivity contribution in [3.8, 4) is 0 Å². The third-order valence-corrected chi connectivity index (χ3v) is 4.02. The third-order valence-electron chi connectivity index (χ3n) is 4.02. The van der Waals surface area contributed by atoms with Crippen LogP contribution in [0.4, 0.5) is 0 Å². The maximum Gasteiger partial charge on any atom is 0.0830 e. The highest BCUT2D eigenvalue weighted by Crippen LogP contribution is 2.25. The Morgan fingerprint density at radius 1 is 1.05 bits per heavy atom. The summed E-state index contributed by atoms with van der Waals surface area (Å²) in [6.45, 7) is 2.06. The predicted octanol–water partition coefficient (Wildman–Crippen LogP) is 3.76. The first-order valence-electron chi connectivity index (χ1n) is 7.08. The Morgan fingerprint density at radius 2 is 1.89 bits per heavy atom. The van der Waals surface area contributed by atoms with Crippen LogP contribution in [-0.4, -0.2) is 5.11 Å². The SMILES string of the molecule is Cc1cccc(C(O)Cc2ccc3c(c2)CCC3)c1. The first kappa shape index (κ1) is 12.4. The monoisotopic (exact) mass is 252 g/mol. The summed E-state index contributed by atoms with van der Waals surface area (Å²) < 4.78 is 0. The van der Waals surface area contributed by atoms with Crippen molar-refractivity contribution in [2.24, 2.45) is 0 Å². The van der Waals surface area contributed by atoms with Crippen molar-refractivity contribution in [2.75, 3.05) is 0 Å². The summed E-state index contributed by atoms with van der Waals surface area (Å²) in [7, 11) is 0. The van der Waals surface area contributed by atoms with Crippen molar-refractivity contribution in [3.63, 3.8) is 0 Å². The molecule has 2 aromatic carbocycles. The molecule has 1 atom stereocenters. The Labute approximate surface area is 114 Å². The molecule has 0 radical (unpaired) electrons. The Balaban J connectivity index is 1.77. The molecule has 1 aliphatic rings. The Bertz CT molecular complexity index is 586. The molecule has 3 rings (SSSR count). The van der Waals surface area contributed by atoms with E-state index in [9.17, 15) is 5.11 Å². The van der Waals surface area contributed by atoms with Crippen LogP contribution in [0.3, 0.4) is 0 Å². The van der Waals surface area contributed by atoms with Crippen LogP contribution < -0.4 is 0 Å². The van der Waals surface area contributed by atoms with Crippen molar-refractivity contribution in [1.29, 1.82) is 0 Å². The molecule has 19 heavy (non-hydrogen) atoms. The van der Waals surface area contributed by atoms with E-state index in [2.05, 4.69) is 37.3 Å². The zero-order valence-corrected chi connectivity index (χ0v) is 11.4. The summed E-state index contributed by atoms with van der Waals surface area (Å²) in [6, 6.07) is 14.8. The van der Waals surface area contributed by atoms with E-state index in [0.29, 0.717) is 6.42 Å². The van der Waals surface area contributed by atoms with Gasteiger partial charge in [-0.2, -0.15) is 0 Å². The molecule has 0 spiro atoms. The van der Waals surface area contributed by atoms with Gasteiger partial charge >= 0.3 is 0 Å². The Hall–Kier alpha value is -1.60. The van der Waals surface area contributed by atoms with E-state index in [0.717, 1.165) is 5.56 Å². The van der Waals surface area contributed by atoms with E-state index in [1.807, 2.05) is 12.1 Å². The zero-order valence-electron chi connectivity index (χ0n) is 11.4. The molecule has 0 aliphatic heterocycles. The molecule has 0 heterocycles. The number of fused-ring (bicyclic) bond motifs is 1. The summed E-state index contributed by atoms with van der Waals surface area (Å²) in [5, 5.41) is 10.3. The number of hydrogen-bond acceptors (Lipinski definition) is 1. The molecule has 0 bridgehead atoms. The molecule has 98 valence electrons. The highest BCUT2D eigenvalue weighted by atomic mass is 16.3. The van der Waals surface area contributed by atoms with Gasteiger partial charge in [0.25, 0.3) is 0 Å². The lowest BCUT2D eigenvalue weighted by atomic mass is 9.98. The average Bonchev–Trinajstić information content (AvgIpc) is 2.86. The van der Waals surface area contributed by atoms with E-state index < -0.39 is 6.10 Å². The maximum absolute atomic E-state index is 10.3. The van der Waals surface area contributed by atoms with E-state index >= 15 is 0 Å². The lowest BCUT2D eigenvalue weighted by molar-refractivity contribution is 0.178. The average molecular weight is 252 g/mol. The summed E-state index contributed by atoms with van der Waals surface area (Å²) >= 11 is 0. The van der Waals surface area contributed by atoms with Gasteiger partial charge in [-0.3, -0.25) is 0 Å². The molecule has 0 saturated heterocycles. The molecule has 0 fully saturated rings. The number of benzene rings is 2. The minimum atomic E-state index is -0.403. The van der Waals surface area contributed by atoms with Crippen LogP contribution in [-0.2, 0) is 19.3 Å². The van der Waals surface area contributed by atoms with Gasteiger partial charge in [0.1, 0.15) is 0 Å². The van der Waals surface area contributed by atoms with E-state index in [1.165, 1.54) is 41.5 Å². The molecule has 1 heteroatoms. The van der Waals surface area contributed by atoms with Crippen molar-refractivity contribution in [1.82, 2.24) is 0 Å². The van der Waals surface area contributed by atoms with Crippen molar-refractivity contribution in [2.45, 2.75) is 38.7 Å². The maximum atomic E-state index is 10.3. The molecule has 1 unspecified atom stereocenters. The van der Waals surface area contributed by atoms with Crippen LogP contribution in [0.2, 0.25) is 0 Å². The van der Waals surface area contributed by atoms with E-state index in [-0.39, 0.29) is 0 Å². The second kappa shape index (κ2) is 5.18. The summed E-state index contributed by atoms with van der Waals surface area (Å²) in [5.41, 5.74) is 6.43.